The van der Waals surface area contributed by atoms with Crippen molar-refractivity contribution >= 4 is 27.3 Å². The summed E-state index contributed by atoms with van der Waals surface area (Å²) >= 11 is 5.66. The summed E-state index contributed by atoms with van der Waals surface area (Å²) in [4.78, 5) is 0. The van der Waals surface area contributed by atoms with Crippen LogP contribution in [0, 0.1) is 0 Å². The number of hydrogen-bond donors (Lipinski definition) is 1. The Labute approximate surface area is 110 Å². The molecule has 0 fully saturated rings. The van der Waals surface area contributed by atoms with Gasteiger partial charge in [0.25, 0.3) is 10.0 Å². The summed E-state index contributed by atoms with van der Waals surface area (Å²) in [5.41, 5.74) is 1.42. The molecule has 1 aromatic heterocycles. The Kier molecular flexibility index (Phi) is 3.58. The van der Waals surface area contributed by atoms with Crippen LogP contribution in [0.3, 0.4) is 0 Å². The average Bonchev–Trinajstić information content (AvgIpc) is 2.77. The topological polar surface area (TPSA) is 64.0 Å². The molecule has 0 radical (unpaired) electrons. The second-order valence-corrected chi connectivity index (χ2v) is 5.63. The fourth-order valence-electron chi connectivity index (χ4n) is 1.49. The normalized spacial score (nSPS) is 11.4. The van der Waals surface area contributed by atoms with E-state index in [1.807, 2.05) is 0 Å². The lowest BCUT2D eigenvalue weighted by Gasteiger charge is -2.08. The van der Waals surface area contributed by atoms with Gasteiger partial charge in [-0.1, -0.05) is 12.1 Å². The quantitative estimate of drug-likeness (QED) is 0.874. The van der Waals surface area contributed by atoms with Gasteiger partial charge in [0.15, 0.2) is 5.03 Å². The van der Waals surface area contributed by atoms with Crippen LogP contribution in [-0.2, 0) is 23.0 Å². The molecule has 5 nitrogen and oxygen atoms in total. The third-order valence-corrected chi connectivity index (χ3v) is 4.18. The largest absolute Gasteiger partial charge is 0.279 e. The summed E-state index contributed by atoms with van der Waals surface area (Å²) < 4.78 is 27.9. The van der Waals surface area contributed by atoms with E-state index >= 15 is 0 Å². The van der Waals surface area contributed by atoms with E-state index in [9.17, 15) is 8.42 Å². The van der Waals surface area contributed by atoms with E-state index < -0.39 is 10.0 Å². The van der Waals surface area contributed by atoms with E-state index in [0.717, 1.165) is 5.56 Å². The molecular formula is C11H12ClN3O2S. The number of halogens is 1. The maximum Gasteiger partial charge on any atom is 0.279 e. The van der Waals surface area contributed by atoms with Gasteiger partial charge in [-0.3, -0.25) is 9.40 Å². The minimum Gasteiger partial charge on any atom is -0.278 e. The maximum atomic E-state index is 12.0. The highest BCUT2D eigenvalue weighted by molar-refractivity contribution is 7.92. The van der Waals surface area contributed by atoms with Crippen LogP contribution < -0.4 is 4.72 Å². The zero-order valence-electron chi connectivity index (χ0n) is 9.67. The number of sulfonamides is 1. The molecule has 0 atom stereocenters. The molecule has 0 saturated carbocycles. The number of aryl methyl sites for hydroxylation is 1. The summed E-state index contributed by atoms with van der Waals surface area (Å²) in [6.07, 6.45) is 1.44. The summed E-state index contributed by atoms with van der Waals surface area (Å²) in [5.74, 6) is 0.398. The van der Waals surface area contributed by atoms with Crippen LogP contribution >= 0.6 is 11.6 Å². The smallest absolute Gasteiger partial charge is 0.278 e. The van der Waals surface area contributed by atoms with Gasteiger partial charge in [-0.25, -0.2) is 0 Å². The lowest BCUT2D eigenvalue weighted by atomic mass is 10.2. The highest BCUT2D eigenvalue weighted by atomic mass is 35.5. The van der Waals surface area contributed by atoms with Crippen molar-refractivity contribution < 1.29 is 8.42 Å². The molecule has 7 heteroatoms. The van der Waals surface area contributed by atoms with Gasteiger partial charge >= 0.3 is 0 Å². The molecule has 0 spiro atoms. The first-order valence-corrected chi connectivity index (χ1v) is 7.20. The molecular weight excluding hydrogens is 274 g/mol. The third kappa shape index (κ3) is 2.65. The highest BCUT2D eigenvalue weighted by Crippen LogP contribution is 2.16. The van der Waals surface area contributed by atoms with E-state index in [1.165, 1.54) is 16.9 Å². The molecule has 0 aliphatic carbocycles. The first-order valence-electron chi connectivity index (χ1n) is 5.18. The second-order valence-electron chi connectivity index (χ2n) is 3.73. The van der Waals surface area contributed by atoms with Crippen LogP contribution in [0.25, 0.3) is 0 Å². The highest BCUT2D eigenvalue weighted by Gasteiger charge is 2.17. The average molecular weight is 286 g/mol. The Bertz CT molecular complexity index is 635. The van der Waals surface area contributed by atoms with E-state index in [4.69, 9.17) is 11.6 Å². The summed E-state index contributed by atoms with van der Waals surface area (Å²) in [6.45, 7) is 0. The number of anilines is 1. The van der Waals surface area contributed by atoms with Gasteiger partial charge in [-0.15, -0.1) is 11.6 Å². The van der Waals surface area contributed by atoms with Crippen molar-refractivity contribution in [2.75, 3.05) is 4.72 Å². The molecule has 0 amide bonds. The second kappa shape index (κ2) is 4.99. The molecule has 1 aromatic carbocycles. The van der Waals surface area contributed by atoms with Gasteiger partial charge in [-0.2, -0.15) is 13.5 Å². The predicted octanol–water partition coefficient (Wildman–Crippen LogP) is 1.96. The summed E-state index contributed by atoms with van der Waals surface area (Å²) in [7, 11) is -2.03. The molecule has 0 saturated heterocycles. The Morgan fingerprint density at radius 1 is 1.28 bits per heavy atom. The van der Waals surface area contributed by atoms with Gasteiger partial charge in [0.2, 0.25) is 0 Å². The van der Waals surface area contributed by atoms with Crippen molar-refractivity contribution in [1.29, 1.82) is 0 Å². The fraction of sp³-hybridized carbons (Fsp3) is 0.182. The summed E-state index contributed by atoms with van der Waals surface area (Å²) in [6, 6.07) is 8.33. The Balaban J connectivity index is 2.25. The standard InChI is InChI=1S/C11H12ClN3O2S/c1-15-11(6-7-13-15)18(16,17)14-10-4-2-9(8-12)3-5-10/h2-7,14H,8H2,1H3. The number of aromatic nitrogens is 2. The minimum absolute atomic E-state index is 0.115. The first-order chi connectivity index (χ1) is 8.53. The number of benzene rings is 1. The molecule has 0 aliphatic heterocycles. The van der Waals surface area contributed by atoms with Crippen LogP contribution in [0.1, 0.15) is 5.56 Å². The van der Waals surface area contributed by atoms with Crippen LogP contribution in [0.5, 0.6) is 0 Å². The monoisotopic (exact) mass is 285 g/mol. The van der Waals surface area contributed by atoms with Gasteiger partial charge < -0.3 is 0 Å². The van der Waals surface area contributed by atoms with Crippen molar-refractivity contribution in [3.05, 3.63) is 42.1 Å². The Morgan fingerprint density at radius 3 is 2.44 bits per heavy atom. The predicted molar refractivity (Wildman–Crippen MR) is 70.0 cm³/mol. The molecule has 0 aliphatic rings. The van der Waals surface area contributed by atoms with Gasteiger partial charge in [-0.05, 0) is 23.8 Å². The number of rotatable bonds is 4. The SMILES string of the molecule is Cn1nccc1S(=O)(=O)Nc1ccc(CCl)cc1. The number of nitrogens with zero attached hydrogens (tertiary/aromatic N) is 2. The Hall–Kier alpha value is -1.53. The van der Waals surface area contributed by atoms with Crippen molar-refractivity contribution in [3.63, 3.8) is 0 Å². The molecule has 96 valence electrons. The van der Waals surface area contributed by atoms with E-state index in [0.29, 0.717) is 11.6 Å². The Morgan fingerprint density at radius 2 is 1.94 bits per heavy atom. The first kappa shape index (κ1) is 12.9. The molecule has 1 N–H and O–H groups in total. The van der Waals surface area contributed by atoms with Gasteiger partial charge in [0.1, 0.15) is 0 Å². The molecule has 2 aromatic rings. The molecule has 18 heavy (non-hydrogen) atoms. The van der Waals surface area contributed by atoms with E-state index in [2.05, 4.69) is 9.82 Å². The van der Waals surface area contributed by atoms with Crippen LogP contribution in [-0.4, -0.2) is 18.2 Å². The molecule has 0 bridgehead atoms. The number of nitrogens with one attached hydrogen (secondary N) is 1. The number of alkyl halides is 1. The van der Waals surface area contributed by atoms with E-state index in [-0.39, 0.29) is 5.03 Å². The van der Waals surface area contributed by atoms with Crippen molar-refractivity contribution in [2.24, 2.45) is 7.05 Å². The minimum atomic E-state index is -3.60. The lowest BCUT2D eigenvalue weighted by molar-refractivity contribution is 0.582. The van der Waals surface area contributed by atoms with Crippen molar-refractivity contribution in [1.82, 2.24) is 9.78 Å². The summed E-state index contributed by atoms with van der Waals surface area (Å²) in [5, 5.41) is 3.95. The third-order valence-electron chi connectivity index (χ3n) is 2.41. The zero-order valence-corrected chi connectivity index (χ0v) is 11.2. The molecule has 1 heterocycles. The number of hydrogen-bond acceptors (Lipinski definition) is 3. The van der Waals surface area contributed by atoms with Gasteiger partial charge in [0, 0.05) is 18.6 Å². The zero-order chi connectivity index (χ0) is 13.2. The van der Waals surface area contributed by atoms with Crippen LogP contribution in [0.4, 0.5) is 5.69 Å². The van der Waals surface area contributed by atoms with Crippen molar-refractivity contribution in [3.8, 4) is 0 Å². The molecule has 0 unspecified atom stereocenters. The van der Waals surface area contributed by atoms with Gasteiger partial charge in [0.05, 0.1) is 6.20 Å². The maximum absolute atomic E-state index is 12.0. The lowest BCUT2D eigenvalue weighted by Crippen LogP contribution is -2.16. The molecule has 2 rings (SSSR count). The fourth-order valence-corrected chi connectivity index (χ4v) is 2.86. The van der Waals surface area contributed by atoms with Crippen LogP contribution in [0.15, 0.2) is 41.6 Å². The van der Waals surface area contributed by atoms with Crippen LogP contribution in [0.2, 0.25) is 0 Å². The van der Waals surface area contributed by atoms with E-state index in [1.54, 1.807) is 31.3 Å². The van der Waals surface area contributed by atoms with Crippen molar-refractivity contribution in [2.45, 2.75) is 10.9 Å².